The smallest absolute Gasteiger partial charge is 0.327 e. The zero-order valence-electron chi connectivity index (χ0n) is 21.6. The molecular formula is C30H32ClN3O4. The van der Waals surface area contributed by atoms with Gasteiger partial charge in [0.1, 0.15) is 18.4 Å². The zero-order valence-corrected chi connectivity index (χ0v) is 22.4. The van der Waals surface area contributed by atoms with Crippen LogP contribution < -0.4 is 9.64 Å². The minimum atomic E-state index is -0.986. The van der Waals surface area contributed by atoms with E-state index in [0.29, 0.717) is 24.7 Å². The second-order valence-corrected chi connectivity index (χ2v) is 10.7. The summed E-state index contributed by atoms with van der Waals surface area (Å²) in [4.78, 5) is 20.8. The van der Waals surface area contributed by atoms with Gasteiger partial charge in [-0.2, -0.15) is 0 Å². The molecule has 0 bridgehead atoms. The lowest BCUT2D eigenvalue weighted by Gasteiger charge is -2.40. The van der Waals surface area contributed by atoms with Crippen LogP contribution in [0.15, 0.2) is 66.9 Å². The molecule has 38 heavy (non-hydrogen) atoms. The molecule has 3 heterocycles. The van der Waals surface area contributed by atoms with Gasteiger partial charge >= 0.3 is 5.97 Å². The van der Waals surface area contributed by atoms with Gasteiger partial charge in [-0.15, -0.1) is 0 Å². The summed E-state index contributed by atoms with van der Waals surface area (Å²) in [6.45, 7) is 6.45. The Kier molecular flexibility index (Phi) is 7.43. The maximum atomic E-state index is 12.1. The molecule has 2 aliphatic rings. The Morgan fingerprint density at radius 3 is 2.68 bits per heavy atom. The lowest BCUT2D eigenvalue weighted by molar-refractivity contribution is -0.139. The van der Waals surface area contributed by atoms with E-state index in [2.05, 4.69) is 22.0 Å². The highest BCUT2D eigenvalue weighted by molar-refractivity contribution is 6.30. The van der Waals surface area contributed by atoms with Crippen LogP contribution in [0.25, 0.3) is 5.57 Å². The van der Waals surface area contributed by atoms with Gasteiger partial charge in [-0.3, -0.25) is 9.88 Å². The van der Waals surface area contributed by atoms with Gasteiger partial charge in [-0.05, 0) is 73.9 Å². The number of aliphatic hydroxyl groups is 1. The molecule has 0 radical (unpaired) electrons. The van der Waals surface area contributed by atoms with E-state index in [4.69, 9.17) is 16.3 Å². The van der Waals surface area contributed by atoms with E-state index in [9.17, 15) is 15.0 Å². The average Bonchev–Trinajstić information content (AvgIpc) is 3.05. The SMILES string of the molecule is CC(C)(O)c1ccc2c(c1)C(=CCCN1CCN(c3ccc(Cl)cc3)C(C(=O)O)C1)c1cccnc1CO2. The van der Waals surface area contributed by atoms with Gasteiger partial charge in [-0.25, -0.2) is 4.79 Å². The maximum Gasteiger partial charge on any atom is 0.327 e. The molecule has 2 aliphatic heterocycles. The first-order chi connectivity index (χ1) is 18.2. The Hall–Kier alpha value is -3.39. The molecule has 1 saturated heterocycles. The topological polar surface area (TPSA) is 86.1 Å². The van der Waals surface area contributed by atoms with Crippen LogP contribution >= 0.6 is 11.6 Å². The highest BCUT2D eigenvalue weighted by Gasteiger charge is 2.32. The summed E-state index contributed by atoms with van der Waals surface area (Å²) in [5.41, 5.74) is 4.50. The molecule has 2 N–H and O–H groups in total. The van der Waals surface area contributed by atoms with Crippen LogP contribution in [-0.2, 0) is 17.0 Å². The fraction of sp³-hybridized carbons (Fsp3) is 0.333. The molecule has 0 amide bonds. The van der Waals surface area contributed by atoms with E-state index in [1.165, 1.54) is 0 Å². The van der Waals surface area contributed by atoms with E-state index in [-0.39, 0.29) is 0 Å². The maximum absolute atomic E-state index is 12.1. The number of rotatable bonds is 6. The van der Waals surface area contributed by atoms with Crippen molar-refractivity contribution in [2.45, 2.75) is 38.5 Å². The van der Waals surface area contributed by atoms with Crippen molar-refractivity contribution in [3.05, 3.63) is 94.3 Å². The number of ether oxygens (including phenoxy) is 1. The van der Waals surface area contributed by atoms with Gasteiger partial charge in [0.15, 0.2) is 0 Å². The number of carboxylic acid groups (broad SMARTS) is 1. The number of anilines is 1. The summed E-state index contributed by atoms with van der Waals surface area (Å²) in [6, 6.07) is 16.5. The summed E-state index contributed by atoms with van der Waals surface area (Å²) in [7, 11) is 0. The molecule has 0 spiro atoms. The van der Waals surface area contributed by atoms with Crippen LogP contribution in [-0.4, -0.2) is 58.3 Å². The Bertz CT molecular complexity index is 1350. The van der Waals surface area contributed by atoms with Crippen molar-refractivity contribution in [3.63, 3.8) is 0 Å². The fourth-order valence-electron chi connectivity index (χ4n) is 5.14. The monoisotopic (exact) mass is 533 g/mol. The van der Waals surface area contributed by atoms with E-state index in [0.717, 1.165) is 58.9 Å². The molecule has 0 aliphatic carbocycles. The standard InChI is InChI=1S/C30H32ClN3O4/c1-30(2,37)20-7-12-28-25(17-20)23(24-5-3-13-32-26(24)19-38-28)6-4-14-33-15-16-34(27(18-33)29(35)36)22-10-8-21(31)9-11-22/h3,5-13,17,27,37H,4,14-16,18-19H2,1-2H3,(H,35,36). The van der Waals surface area contributed by atoms with Crippen molar-refractivity contribution in [3.8, 4) is 5.75 Å². The van der Waals surface area contributed by atoms with Crippen LogP contribution in [0.5, 0.6) is 5.75 Å². The van der Waals surface area contributed by atoms with Gasteiger partial charge < -0.3 is 19.8 Å². The van der Waals surface area contributed by atoms with Gasteiger partial charge in [0.25, 0.3) is 0 Å². The lowest BCUT2D eigenvalue weighted by atomic mass is 9.90. The van der Waals surface area contributed by atoms with Crippen molar-refractivity contribution in [2.24, 2.45) is 0 Å². The fourth-order valence-corrected chi connectivity index (χ4v) is 5.27. The minimum absolute atomic E-state index is 0.370. The number of nitrogens with zero attached hydrogens (tertiary/aromatic N) is 3. The Morgan fingerprint density at radius 1 is 1.16 bits per heavy atom. The second kappa shape index (κ2) is 10.8. The first kappa shape index (κ1) is 26.2. The van der Waals surface area contributed by atoms with Gasteiger partial charge in [-0.1, -0.05) is 29.8 Å². The number of halogens is 1. The molecule has 1 unspecified atom stereocenters. The Labute approximate surface area is 227 Å². The molecule has 7 nitrogen and oxygen atoms in total. The number of aromatic nitrogens is 1. The normalized spacial score (nSPS) is 18.9. The summed E-state index contributed by atoms with van der Waals surface area (Å²) in [5.74, 6) is -0.0817. The predicted molar refractivity (Wildman–Crippen MR) is 149 cm³/mol. The summed E-state index contributed by atoms with van der Waals surface area (Å²) < 4.78 is 6.10. The third-order valence-corrected chi connectivity index (χ3v) is 7.47. The third kappa shape index (κ3) is 5.55. The summed E-state index contributed by atoms with van der Waals surface area (Å²) in [6.07, 6.45) is 4.68. The number of carboxylic acids is 1. The first-order valence-corrected chi connectivity index (χ1v) is 13.2. The van der Waals surface area contributed by atoms with Crippen LogP contribution in [0.4, 0.5) is 5.69 Å². The minimum Gasteiger partial charge on any atom is -0.487 e. The largest absolute Gasteiger partial charge is 0.487 e. The predicted octanol–water partition coefficient (Wildman–Crippen LogP) is 4.95. The van der Waals surface area contributed by atoms with Crippen molar-refractivity contribution < 1.29 is 19.7 Å². The highest BCUT2D eigenvalue weighted by atomic mass is 35.5. The van der Waals surface area contributed by atoms with Gasteiger partial charge in [0, 0.05) is 54.2 Å². The van der Waals surface area contributed by atoms with E-state index in [1.807, 2.05) is 41.3 Å². The van der Waals surface area contributed by atoms with Gasteiger partial charge in [0.05, 0.1) is 11.3 Å². The van der Waals surface area contributed by atoms with Crippen molar-refractivity contribution in [1.82, 2.24) is 9.88 Å². The van der Waals surface area contributed by atoms with Crippen LogP contribution in [0.1, 0.15) is 42.7 Å². The average molecular weight is 534 g/mol. The molecule has 1 aromatic heterocycles. The number of piperazine rings is 1. The quantitative estimate of drug-likeness (QED) is 0.463. The third-order valence-electron chi connectivity index (χ3n) is 7.22. The molecule has 198 valence electrons. The Balaban J connectivity index is 1.38. The molecule has 5 rings (SSSR count). The number of hydrogen-bond donors (Lipinski definition) is 2. The highest BCUT2D eigenvalue weighted by Crippen LogP contribution is 2.38. The van der Waals surface area contributed by atoms with E-state index >= 15 is 0 Å². The zero-order chi connectivity index (χ0) is 26.9. The van der Waals surface area contributed by atoms with Crippen LogP contribution in [0.2, 0.25) is 5.02 Å². The molecule has 8 heteroatoms. The lowest BCUT2D eigenvalue weighted by Crippen LogP contribution is -2.56. The van der Waals surface area contributed by atoms with Crippen molar-refractivity contribution in [1.29, 1.82) is 0 Å². The van der Waals surface area contributed by atoms with Crippen LogP contribution in [0, 0.1) is 0 Å². The van der Waals surface area contributed by atoms with E-state index in [1.54, 1.807) is 32.2 Å². The molecule has 3 aromatic rings. The number of benzene rings is 2. The second-order valence-electron chi connectivity index (χ2n) is 10.3. The summed E-state index contributed by atoms with van der Waals surface area (Å²) >= 11 is 6.03. The molecule has 1 fully saturated rings. The van der Waals surface area contributed by atoms with Crippen molar-refractivity contribution in [2.75, 3.05) is 31.1 Å². The number of hydrogen-bond acceptors (Lipinski definition) is 6. The molecule has 0 saturated carbocycles. The number of fused-ring (bicyclic) bond motifs is 2. The van der Waals surface area contributed by atoms with Gasteiger partial charge in [0.2, 0.25) is 0 Å². The molecule has 2 aromatic carbocycles. The summed E-state index contributed by atoms with van der Waals surface area (Å²) in [5, 5.41) is 21.2. The molecule has 1 atom stereocenters. The van der Waals surface area contributed by atoms with Crippen molar-refractivity contribution >= 4 is 28.8 Å². The number of carbonyl (C=O) groups is 1. The molecular weight excluding hydrogens is 502 g/mol. The van der Waals surface area contributed by atoms with Crippen LogP contribution in [0.3, 0.4) is 0 Å². The first-order valence-electron chi connectivity index (χ1n) is 12.8. The number of pyridine rings is 1. The van der Waals surface area contributed by atoms with E-state index < -0.39 is 17.6 Å². The Morgan fingerprint density at radius 2 is 1.95 bits per heavy atom. The number of aliphatic carboxylic acids is 1.